The minimum absolute atomic E-state index is 0.0828. The second-order valence-electron chi connectivity index (χ2n) is 5.35. The molecular weight excluding hydrogens is 218 g/mol. The van der Waals surface area contributed by atoms with Gasteiger partial charge in [-0.15, -0.1) is 0 Å². The van der Waals surface area contributed by atoms with Crippen molar-refractivity contribution in [3.05, 3.63) is 17.5 Å². The molecule has 0 bridgehead atoms. The van der Waals surface area contributed by atoms with E-state index in [1.54, 1.807) is 24.7 Å². The number of nitrogens with zero attached hydrogens (tertiary/aromatic N) is 2. The van der Waals surface area contributed by atoms with Crippen LogP contribution in [0.3, 0.4) is 0 Å². The van der Waals surface area contributed by atoms with Crippen LogP contribution in [0.5, 0.6) is 0 Å². The van der Waals surface area contributed by atoms with Gasteiger partial charge in [-0.25, -0.2) is 0 Å². The molecule has 0 fully saturated rings. The molecular formula is C12H21N3O2. The third-order valence-electron chi connectivity index (χ3n) is 2.44. The van der Waals surface area contributed by atoms with E-state index >= 15 is 0 Å². The molecule has 0 aliphatic carbocycles. The maximum atomic E-state index is 11.8. The van der Waals surface area contributed by atoms with Gasteiger partial charge in [-0.1, -0.05) is 20.8 Å². The van der Waals surface area contributed by atoms with Gasteiger partial charge in [0.15, 0.2) is 0 Å². The van der Waals surface area contributed by atoms with E-state index in [1.807, 2.05) is 20.8 Å². The van der Waals surface area contributed by atoms with Crippen molar-refractivity contribution < 1.29 is 9.90 Å². The molecule has 1 atom stereocenters. The summed E-state index contributed by atoms with van der Waals surface area (Å²) in [6.07, 6.45) is -0.547. The second-order valence-corrected chi connectivity index (χ2v) is 5.35. The first-order valence-electron chi connectivity index (χ1n) is 5.72. The van der Waals surface area contributed by atoms with Gasteiger partial charge in [0.2, 0.25) is 0 Å². The van der Waals surface area contributed by atoms with E-state index in [4.69, 9.17) is 5.11 Å². The Morgan fingerprint density at radius 2 is 2.18 bits per heavy atom. The first-order chi connectivity index (χ1) is 7.71. The van der Waals surface area contributed by atoms with Crippen molar-refractivity contribution in [1.29, 1.82) is 0 Å². The molecule has 0 saturated carbocycles. The van der Waals surface area contributed by atoms with Gasteiger partial charge in [0.25, 0.3) is 5.91 Å². The molecule has 96 valence electrons. The Morgan fingerprint density at radius 1 is 1.59 bits per heavy atom. The topological polar surface area (TPSA) is 67.2 Å². The molecule has 1 heterocycles. The summed E-state index contributed by atoms with van der Waals surface area (Å²) >= 11 is 0. The maximum absolute atomic E-state index is 11.8. The first-order valence-corrected chi connectivity index (χ1v) is 5.72. The lowest BCUT2D eigenvalue weighted by molar-refractivity contribution is 0.0914. The average Bonchev–Trinajstić information content (AvgIpc) is 2.56. The highest BCUT2D eigenvalue weighted by molar-refractivity contribution is 5.92. The predicted molar refractivity (Wildman–Crippen MR) is 65.9 cm³/mol. The van der Waals surface area contributed by atoms with E-state index in [-0.39, 0.29) is 17.9 Å². The van der Waals surface area contributed by atoms with Crippen molar-refractivity contribution in [3.8, 4) is 0 Å². The molecule has 17 heavy (non-hydrogen) atoms. The number of carbonyl (C=O) groups is 1. The van der Waals surface area contributed by atoms with E-state index in [0.29, 0.717) is 5.69 Å². The van der Waals surface area contributed by atoms with Gasteiger partial charge in [-0.2, -0.15) is 5.10 Å². The zero-order chi connectivity index (χ0) is 13.2. The van der Waals surface area contributed by atoms with Crippen LogP contribution < -0.4 is 5.32 Å². The minimum Gasteiger partial charge on any atom is -0.392 e. The normalized spacial score (nSPS) is 13.5. The number of hydrogen-bond donors (Lipinski definition) is 2. The summed E-state index contributed by atoms with van der Waals surface area (Å²) in [7, 11) is 1.74. The quantitative estimate of drug-likeness (QED) is 0.821. The van der Waals surface area contributed by atoms with Crippen molar-refractivity contribution in [2.24, 2.45) is 7.05 Å². The number of aromatic nitrogens is 2. The van der Waals surface area contributed by atoms with Crippen LogP contribution >= 0.6 is 0 Å². The Labute approximate surface area is 102 Å². The molecule has 5 heteroatoms. The van der Waals surface area contributed by atoms with Gasteiger partial charge < -0.3 is 10.4 Å². The fourth-order valence-corrected chi connectivity index (χ4v) is 1.38. The summed E-state index contributed by atoms with van der Waals surface area (Å²) < 4.78 is 1.57. The highest BCUT2D eigenvalue weighted by Gasteiger charge is 2.21. The molecule has 1 rings (SSSR count). The zero-order valence-corrected chi connectivity index (χ0v) is 11.1. The van der Waals surface area contributed by atoms with E-state index < -0.39 is 6.10 Å². The summed E-state index contributed by atoms with van der Waals surface area (Å²) in [6, 6.07) is 1.79. The van der Waals surface area contributed by atoms with Crippen LogP contribution in [0.25, 0.3) is 0 Å². The smallest absolute Gasteiger partial charge is 0.269 e. The molecule has 1 amide bonds. The van der Waals surface area contributed by atoms with Gasteiger partial charge >= 0.3 is 0 Å². The lowest BCUT2D eigenvalue weighted by Gasteiger charge is -2.13. The number of nitrogens with one attached hydrogen (secondary N) is 1. The van der Waals surface area contributed by atoms with Gasteiger partial charge in [-0.3, -0.25) is 9.48 Å². The third kappa shape index (κ3) is 3.56. The lowest BCUT2D eigenvalue weighted by Crippen LogP contribution is -2.31. The number of aliphatic hydroxyl groups excluding tert-OH is 1. The standard InChI is InChI=1S/C12H21N3O2/c1-8(16)7-13-11(17)9-6-10(12(2,3)4)14-15(9)5/h6,8,16H,7H2,1-5H3,(H,13,17). The van der Waals surface area contributed by atoms with Crippen molar-refractivity contribution in [1.82, 2.24) is 15.1 Å². The summed E-state index contributed by atoms with van der Waals surface area (Å²) in [5.74, 6) is -0.212. The second kappa shape index (κ2) is 4.87. The fourth-order valence-electron chi connectivity index (χ4n) is 1.38. The monoisotopic (exact) mass is 239 g/mol. The van der Waals surface area contributed by atoms with Gasteiger partial charge in [0, 0.05) is 19.0 Å². The number of aliphatic hydroxyl groups is 1. The van der Waals surface area contributed by atoms with Crippen LogP contribution in [-0.2, 0) is 12.5 Å². The lowest BCUT2D eigenvalue weighted by atomic mass is 9.92. The number of hydrogen-bond acceptors (Lipinski definition) is 3. The number of rotatable bonds is 3. The van der Waals surface area contributed by atoms with Crippen LogP contribution in [0.4, 0.5) is 0 Å². The van der Waals surface area contributed by atoms with Crippen molar-refractivity contribution in [2.75, 3.05) is 6.54 Å². The SMILES string of the molecule is CC(O)CNC(=O)c1cc(C(C)(C)C)nn1C. The summed E-state index contributed by atoms with van der Waals surface area (Å²) in [5.41, 5.74) is 1.30. The summed E-state index contributed by atoms with van der Waals surface area (Å²) in [4.78, 5) is 11.8. The predicted octanol–water partition coefficient (Wildman–Crippen LogP) is 0.828. The average molecular weight is 239 g/mol. The number of amides is 1. The van der Waals surface area contributed by atoms with E-state index in [2.05, 4.69) is 10.4 Å². The Morgan fingerprint density at radius 3 is 2.59 bits per heavy atom. The fraction of sp³-hybridized carbons (Fsp3) is 0.667. The number of aryl methyl sites for hydroxylation is 1. The largest absolute Gasteiger partial charge is 0.392 e. The van der Waals surface area contributed by atoms with Gasteiger partial charge in [0.05, 0.1) is 11.8 Å². The summed E-state index contributed by atoms with van der Waals surface area (Å²) in [5, 5.41) is 16.1. The summed E-state index contributed by atoms with van der Waals surface area (Å²) in [6.45, 7) is 8.02. The molecule has 0 aromatic carbocycles. The van der Waals surface area contributed by atoms with E-state index in [0.717, 1.165) is 5.69 Å². The van der Waals surface area contributed by atoms with Gasteiger partial charge in [0.1, 0.15) is 5.69 Å². The molecule has 1 aromatic heterocycles. The third-order valence-corrected chi connectivity index (χ3v) is 2.44. The Balaban J connectivity index is 2.85. The molecule has 1 aromatic rings. The Bertz CT molecular complexity index is 402. The zero-order valence-electron chi connectivity index (χ0n) is 11.1. The van der Waals surface area contributed by atoms with E-state index in [9.17, 15) is 4.79 Å². The van der Waals surface area contributed by atoms with Crippen LogP contribution in [0, 0.1) is 0 Å². The molecule has 1 unspecified atom stereocenters. The molecule has 0 aliphatic heterocycles. The minimum atomic E-state index is -0.547. The molecule has 0 aliphatic rings. The van der Waals surface area contributed by atoms with Crippen LogP contribution in [0.1, 0.15) is 43.9 Å². The first kappa shape index (κ1) is 13.7. The van der Waals surface area contributed by atoms with Gasteiger partial charge in [-0.05, 0) is 13.0 Å². The van der Waals surface area contributed by atoms with Crippen LogP contribution in [-0.4, -0.2) is 33.4 Å². The highest BCUT2D eigenvalue weighted by atomic mass is 16.3. The highest BCUT2D eigenvalue weighted by Crippen LogP contribution is 2.21. The molecule has 0 saturated heterocycles. The molecule has 5 nitrogen and oxygen atoms in total. The van der Waals surface area contributed by atoms with Crippen LogP contribution in [0.15, 0.2) is 6.07 Å². The maximum Gasteiger partial charge on any atom is 0.269 e. The van der Waals surface area contributed by atoms with Crippen LogP contribution in [0.2, 0.25) is 0 Å². The molecule has 0 radical (unpaired) electrons. The van der Waals surface area contributed by atoms with Crippen molar-refractivity contribution in [2.45, 2.75) is 39.2 Å². The van der Waals surface area contributed by atoms with E-state index in [1.165, 1.54) is 0 Å². The van der Waals surface area contributed by atoms with Crippen molar-refractivity contribution in [3.63, 3.8) is 0 Å². The van der Waals surface area contributed by atoms with Crippen molar-refractivity contribution >= 4 is 5.91 Å². The number of carbonyl (C=O) groups excluding carboxylic acids is 1. The molecule has 2 N–H and O–H groups in total. The molecule has 0 spiro atoms. The Kier molecular flexibility index (Phi) is 3.93. The Hall–Kier alpha value is -1.36.